The number of rotatable bonds is 17. The smallest absolute Gasteiger partial charge is 0.412 e. The number of ether oxygens (including phenoxy) is 1. The molecule has 0 radical (unpaired) electrons. The van der Waals surface area contributed by atoms with Gasteiger partial charge in [0, 0.05) is 24.2 Å². The quantitative estimate of drug-likeness (QED) is 0.0758. The highest BCUT2D eigenvalue weighted by Crippen LogP contribution is 2.17. The van der Waals surface area contributed by atoms with E-state index in [2.05, 4.69) is 31.3 Å². The molecule has 15 heteroatoms. The second-order valence-corrected chi connectivity index (χ2v) is 13.2. The highest BCUT2D eigenvalue weighted by atomic mass is 16.5. The zero-order chi connectivity index (χ0) is 40.0. The molecule has 0 fully saturated rings. The van der Waals surface area contributed by atoms with Crippen molar-refractivity contribution in [3.8, 4) is 0 Å². The first-order chi connectivity index (χ1) is 27.0. The van der Waals surface area contributed by atoms with Crippen molar-refractivity contribution in [1.29, 1.82) is 0 Å². The molecule has 15 nitrogen and oxygen atoms in total. The van der Waals surface area contributed by atoms with Crippen LogP contribution in [0.25, 0.3) is 10.9 Å². The number of carbonyl (C=O) groups excluding carboxylic acids is 5. The molecule has 5 aromatic rings. The number of nitrogens with zero attached hydrogens (tertiary/aromatic N) is 3. The predicted molar refractivity (Wildman–Crippen MR) is 209 cm³/mol. The van der Waals surface area contributed by atoms with Crippen LogP contribution in [0, 0.1) is 0 Å². The number of primary amides is 1. The van der Waals surface area contributed by atoms with Gasteiger partial charge >= 0.3 is 6.09 Å². The SMILES string of the molecule is CC(C)N(C[C@@H](O)[C@H](Cc1ccccc1)NC(=O)[C@H](CC(N)=O)NC(=O)c1ccc2ccccc2n1)NC(=O)c1ccccc1NC(=O)OCc1ccccn1. The van der Waals surface area contributed by atoms with Crippen molar-refractivity contribution in [1.82, 2.24) is 31.0 Å². The third kappa shape index (κ3) is 11.6. The fourth-order valence-corrected chi connectivity index (χ4v) is 5.73. The van der Waals surface area contributed by atoms with Gasteiger partial charge in [-0.25, -0.2) is 14.8 Å². The number of anilines is 1. The molecule has 0 bridgehead atoms. The molecular weight excluding hydrogens is 716 g/mol. The van der Waals surface area contributed by atoms with E-state index >= 15 is 0 Å². The second kappa shape index (κ2) is 19.6. The Labute approximate surface area is 323 Å². The fraction of sp³-hybridized carbons (Fsp3) is 0.244. The maximum Gasteiger partial charge on any atom is 0.412 e. The third-order valence-electron chi connectivity index (χ3n) is 8.69. The number of nitrogens with one attached hydrogen (secondary N) is 4. The van der Waals surface area contributed by atoms with Gasteiger partial charge in [0.1, 0.15) is 18.3 Å². The molecule has 7 N–H and O–H groups in total. The van der Waals surface area contributed by atoms with E-state index in [1.165, 1.54) is 17.1 Å². The molecule has 0 aliphatic heterocycles. The summed E-state index contributed by atoms with van der Waals surface area (Å²) in [6.45, 7) is 3.38. The van der Waals surface area contributed by atoms with E-state index < -0.39 is 54.3 Å². The van der Waals surface area contributed by atoms with E-state index in [1.54, 1.807) is 74.6 Å². The van der Waals surface area contributed by atoms with E-state index in [-0.39, 0.29) is 42.6 Å². The van der Waals surface area contributed by atoms with Crippen LogP contribution in [0.4, 0.5) is 10.5 Å². The van der Waals surface area contributed by atoms with Gasteiger partial charge in [-0.15, -0.1) is 0 Å². The van der Waals surface area contributed by atoms with Crippen molar-refractivity contribution >= 4 is 46.3 Å². The number of hydrazine groups is 1. The first kappa shape index (κ1) is 40.5. The molecule has 2 aromatic heterocycles. The Bertz CT molecular complexity index is 2130. The van der Waals surface area contributed by atoms with Gasteiger partial charge in [-0.2, -0.15) is 0 Å². The van der Waals surface area contributed by atoms with Gasteiger partial charge in [-0.1, -0.05) is 72.8 Å². The van der Waals surface area contributed by atoms with Crippen LogP contribution in [-0.2, 0) is 27.4 Å². The Morgan fingerprint density at radius 1 is 0.821 bits per heavy atom. The van der Waals surface area contributed by atoms with Gasteiger partial charge < -0.3 is 26.2 Å². The molecule has 2 heterocycles. The number of aromatic nitrogens is 2. The molecule has 0 spiro atoms. The van der Waals surface area contributed by atoms with Gasteiger partial charge in [0.25, 0.3) is 11.8 Å². The lowest BCUT2D eigenvalue weighted by atomic mass is 9.99. The number of benzene rings is 3. The van der Waals surface area contributed by atoms with Crippen molar-refractivity contribution in [3.63, 3.8) is 0 Å². The average Bonchev–Trinajstić information content (AvgIpc) is 3.19. The first-order valence-corrected chi connectivity index (χ1v) is 17.9. The molecular formula is C41H44N8O7. The Morgan fingerprint density at radius 2 is 1.54 bits per heavy atom. The summed E-state index contributed by atoms with van der Waals surface area (Å²) in [4.78, 5) is 73.9. The molecule has 0 aliphatic rings. The van der Waals surface area contributed by atoms with Crippen LogP contribution >= 0.6 is 0 Å². The van der Waals surface area contributed by atoms with E-state index in [1.807, 2.05) is 42.5 Å². The number of aliphatic hydroxyl groups excluding tert-OH is 1. The zero-order valence-electron chi connectivity index (χ0n) is 30.9. The van der Waals surface area contributed by atoms with Crippen LogP contribution < -0.4 is 27.1 Å². The van der Waals surface area contributed by atoms with Crippen LogP contribution in [0.1, 0.15) is 52.4 Å². The largest absolute Gasteiger partial charge is 0.443 e. The van der Waals surface area contributed by atoms with Gasteiger partial charge in [0.05, 0.1) is 41.0 Å². The molecule has 56 heavy (non-hydrogen) atoms. The predicted octanol–water partition coefficient (Wildman–Crippen LogP) is 3.50. The normalized spacial score (nSPS) is 12.7. The minimum Gasteiger partial charge on any atom is -0.443 e. The van der Waals surface area contributed by atoms with Gasteiger partial charge in [0.2, 0.25) is 11.8 Å². The Morgan fingerprint density at radius 3 is 2.27 bits per heavy atom. The number of nitrogens with two attached hydrogens (primary N) is 1. The highest BCUT2D eigenvalue weighted by Gasteiger charge is 2.31. The van der Waals surface area contributed by atoms with Crippen LogP contribution in [0.5, 0.6) is 0 Å². The summed E-state index contributed by atoms with van der Waals surface area (Å²) in [5.41, 5.74) is 10.6. The van der Waals surface area contributed by atoms with E-state index in [9.17, 15) is 29.1 Å². The molecule has 5 amide bonds. The van der Waals surface area contributed by atoms with Crippen molar-refractivity contribution in [2.24, 2.45) is 5.73 Å². The third-order valence-corrected chi connectivity index (χ3v) is 8.69. The van der Waals surface area contributed by atoms with Crippen LogP contribution in [0.15, 0.2) is 115 Å². The van der Waals surface area contributed by atoms with Gasteiger partial charge in [0.15, 0.2) is 0 Å². The van der Waals surface area contributed by atoms with Crippen LogP contribution in [0.3, 0.4) is 0 Å². The van der Waals surface area contributed by atoms with Crippen LogP contribution in [0.2, 0.25) is 0 Å². The lowest BCUT2D eigenvalue weighted by molar-refractivity contribution is -0.128. The summed E-state index contributed by atoms with van der Waals surface area (Å²) in [6, 6.07) is 28.4. The van der Waals surface area contributed by atoms with Gasteiger partial charge in [-0.05, 0) is 62.2 Å². The maximum absolute atomic E-state index is 13.8. The number of hydrogen-bond acceptors (Lipinski definition) is 10. The number of fused-ring (bicyclic) bond motifs is 1. The number of amides is 5. The summed E-state index contributed by atoms with van der Waals surface area (Å²) in [5, 5.41) is 22.0. The molecule has 0 unspecified atom stereocenters. The lowest BCUT2D eigenvalue weighted by Crippen LogP contribution is -2.58. The van der Waals surface area contributed by atoms with E-state index in [4.69, 9.17) is 10.5 Å². The van der Waals surface area contributed by atoms with E-state index in [0.29, 0.717) is 11.2 Å². The Kier molecular flexibility index (Phi) is 14.1. The average molecular weight is 761 g/mol. The second-order valence-electron chi connectivity index (χ2n) is 13.2. The monoisotopic (exact) mass is 760 g/mol. The number of carbonyl (C=O) groups is 5. The molecule has 3 atom stereocenters. The minimum atomic E-state index is -1.39. The number of aliphatic hydroxyl groups is 1. The minimum absolute atomic E-state index is 0.0355. The standard InChI is InChI=1S/C41H44N8O7/c1-26(2)49(48-38(52)30-16-7-9-18-32(30)47-41(55)56-25-29-15-10-11-21-43-29)24-36(50)34(22-27-12-4-3-5-13-27)45-40(54)35(23-37(42)51)46-39(53)33-20-19-28-14-6-8-17-31(28)44-33/h3-21,26,34-36,50H,22-25H2,1-2H3,(H2,42,51)(H,45,54)(H,46,53)(H,47,55)(H,48,52)/t34-,35-,36+/m0/s1. The van der Waals surface area contributed by atoms with E-state index in [0.717, 1.165) is 10.9 Å². The molecule has 0 saturated carbocycles. The number of hydrogen-bond donors (Lipinski definition) is 6. The van der Waals surface area contributed by atoms with Crippen molar-refractivity contribution in [2.45, 2.75) is 57.5 Å². The number of para-hydroxylation sites is 2. The summed E-state index contributed by atoms with van der Waals surface area (Å²) >= 11 is 0. The Balaban J connectivity index is 1.29. The fourth-order valence-electron chi connectivity index (χ4n) is 5.73. The molecule has 0 saturated heterocycles. The highest BCUT2D eigenvalue weighted by molar-refractivity contribution is 6.02. The molecule has 0 aliphatic carbocycles. The Hall–Kier alpha value is -6.71. The number of pyridine rings is 2. The van der Waals surface area contributed by atoms with Crippen molar-refractivity contribution < 1.29 is 33.8 Å². The van der Waals surface area contributed by atoms with Crippen LogP contribution in [-0.4, -0.2) is 80.6 Å². The molecule has 290 valence electrons. The summed E-state index contributed by atoms with van der Waals surface area (Å²) in [6.07, 6.45) is -0.852. The lowest BCUT2D eigenvalue weighted by Gasteiger charge is -2.33. The molecule has 5 rings (SSSR count). The van der Waals surface area contributed by atoms with Crippen molar-refractivity contribution in [3.05, 3.63) is 138 Å². The van der Waals surface area contributed by atoms with Crippen molar-refractivity contribution in [2.75, 3.05) is 11.9 Å². The first-order valence-electron chi connectivity index (χ1n) is 17.9. The maximum atomic E-state index is 13.8. The summed E-state index contributed by atoms with van der Waals surface area (Å²) in [7, 11) is 0. The molecule has 3 aromatic carbocycles. The summed E-state index contributed by atoms with van der Waals surface area (Å²) < 4.78 is 5.27. The summed E-state index contributed by atoms with van der Waals surface area (Å²) in [5.74, 6) is -2.86. The zero-order valence-corrected chi connectivity index (χ0v) is 30.9. The topological polar surface area (TPSA) is 218 Å². The van der Waals surface area contributed by atoms with Gasteiger partial charge in [-0.3, -0.25) is 34.9 Å².